The number of benzene rings is 2. The predicted octanol–water partition coefficient (Wildman–Crippen LogP) is 2.96. The highest BCUT2D eigenvalue weighted by Crippen LogP contribution is 2.04. The van der Waals surface area contributed by atoms with E-state index in [4.69, 9.17) is 0 Å². The summed E-state index contributed by atoms with van der Waals surface area (Å²) in [6.45, 7) is 0.271. The van der Waals surface area contributed by atoms with Gasteiger partial charge in [-0.3, -0.25) is 0 Å². The SMILES string of the molecule is O=S(=O)(/C=C/c1ccccc1)NCCc1ccc(F)cc1. The Bertz CT molecular complexity index is 695. The molecule has 0 aliphatic heterocycles. The van der Waals surface area contributed by atoms with E-state index in [2.05, 4.69) is 4.72 Å². The third-order valence-corrected chi connectivity index (χ3v) is 3.97. The lowest BCUT2D eigenvalue weighted by molar-refractivity contribution is 0.591. The van der Waals surface area contributed by atoms with Crippen LogP contribution in [0.15, 0.2) is 60.0 Å². The average molecular weight is 305 g/mol. The maximum Gasteiger partial charge on any atom is 0.233 e. The van der Waals surface area contributed by atoms with E-state index in [0.717, 1.165) is 16.5 Å². The van der Waals surface area contributed by atoms with Crippen LogP contribution in [0.1, 0.15) is 11.1 Å². The molecule has 2 aromatic rings. The van der Waals surface area contributed by atoms with Crippen molar-refractivity contribution in [3.8, 4) is 0 Å². The van der Waals surface area contributed by atoms with E-state index in [1.807, 2.05) is 30.3 Å². The highest BCUT2D eigenvalue weighted by atomic mass is 32.2. The van der Waals surface area contributed by atoms with E-state index in [-0.39, 0.29) is 12.4 Å². The number of halogens is 1. The lowest BCUT2D eigenvalue weighted by atomic mass is 10.1. The maximum absolute atomic E-state index is 12.7. The van der Waals surface area contributed by atoms with Crippen LogP contribution in [0.2, 0.25) is 0 Å². The van der Waals surface area contributed by atoms with Crippen molar-refractivity contribution in [2.24, 2.45) is 0 Å². The quantitative estimate of drug-likeness (QED) is 0.892. The Labute approximate surface area is 124 Å². The van der Waals surface area contributed by atoms with E-state index < -0.39 is 10.0 Å². The molecule has 3 nitrogen and oxygen atoms in total. The Balaban J connectivity index is 1.87. The van der Waals surface area contributed by atoms with Crippen LogP contribution >= 0.6 is 0 Å². The van der Waals surface area contributed by atoms with Crippen LogP contribution < -0.4 is 4.72 Å². The molecule has 1 N–H and O–H groups in total. The molecular formula is C16H16FNO2S. The summed E-state index contributed by atoms with van der Waals surface area (Å²) in [5.74, 6) is -0.301. The minimum absolute atomic E-state index is 0.271. The van der Waals surface area contributed by atoms with Crippen molar-refractivity contribution in [1.29, 1.82) is 0 Å². The van der Waals surface area contributed by atoms with Gasteiger partial charge in [0.1, 0.15) is 5.82 Å². The summed E-state index contributed by atoms with van der Waals surface area (Å²) in [5, 5.41) is 1.15. The van der Waals surface area contributed by atoms with Crippen LogP contribution in [-0.4, -0.2) is 15.0 Å². The van der Waals surface area contributed by atoms with Gasteiger partial charge in [-0.1, -0.05) is 42.5 Å². The summed E-state index contributed by atoms with van der Waals surface area (Å²) in [6, 6.07) is 15.2. The van der Waals surface area contributed by atoms with E-state index >= 15 is 0 Å². The molecule has 0 saturated heterocycles. The Morgan fingerprint density at radius 3 is 2.33 bits per heavy atom. The molecule has 0 amide bonds. The first-order valence-electron chi connectivity index (χ1n) is 6.52. The monoisotopic (exact) mass is 305 g/mol. The van der Waals surface area contributed by atoms with Crippen molar-refractivity contribution in [2.45, 2.75) is 6.42 Å². The van der Waals surface area contributed by atoms with E-state index in [9.17, 15) is 12.8 Å². The number of hydrogen-bond acceptors (Lipinski definition) is 2. The molecule has 0 unspecified atom stereocenters. The largest absolute Gasteiger partial charge is 0.233 e. The molecule has 5 heteroatoms. The molecule has 0 radical (unpaired) electrons. The molecule has 0 fully saturated rings. The van der Waals surface area contributed by atoms with Crippen molar-refractivity contribution < 1.29 is 12.8 Å². The standard InChI is InChI=1S/C16H16FNO2S/c17-16-8-6-15(7-9-16)10-12-18-21(19,20)13-11-14-4-2-1-3-5-14/h1-9,11,13,18H,10,12H2/b13-11+. The number of sulfonamides is 1. The summed E-state index contributed by atoms with van der Waals surface area (Å²) in [6.07, 6.45) is 2.05. The van der Waals surface area contributed by atoms with Crippen LogP contribution in [0.5, 0.6) is 0 Å². The summed E-state index contributed by atoms with van der Waals surface area (Å²) < 4.78 is 38.8. The molecule has 0 bridgehead atoms. The van der Waals surface area contributed by atoms with E-state index in [1.54, 1.807) is 18.2 Å². The van der Waals surface area contributed by atoms with Crippen molar-refractivity contribution in [2.75, 3.05) is 6.54 Å². The molecule has 21 heavy (non-hydrogen) atoms. The molecule has 0 aliphatic rings. The van der Waals surface area contributed by atoms with Crippen LogP contribution in [-0.2, 0) is 16.4 Å². The highest BCUT2D eigenvalue weighted by molar-refractivity contribution is 7.92. The molecule has 0 aromatic heterocycles. The van der Waals surface area contributed by atoms with Crippen molar-refractivity contribution in [1.82, 2.24) is 4.72 Å². The molecule has 0 aliphatic carbocycles. The topological polar surface area (TPSA) is 46.2 Å². The highest BCUT2D eigenvalue weighted by Gasteiger charge is 2.04. The predicted molar refractivity (Wildman–Crippen MR) is 82.5 cm³/mol. The minimum atomic E-state index is -3.46. The van der Waals surface area contributed by atoms with Gasteiger partial charge in [-0.05, 0) is 35.8 Å². The van der Waals surface area contributed by atoms with Gasteiger partial charge < -0.3 is 0 Å². The van der Waals surface area contributed by atoms with Gasteiger partial charge in [0.05, 0.1) is 0 Å². The number of hydrogen-bond donors (Lipinski definition) is 1. The van der Waals surface area contributed by atoms with Crippen molar-refractivity contribution in [3.05, 3.63) is 76.9 Å². The molecule has 0 saturated carbocycles. The third kappa shape index (κ3) is 5.49. The molecule has 0 spiro atoms. The Morgan fingerprint density at radius 1 is 1.00 bits per heavy atom. The zero-order chi connectivity index (χ0) is 15.1. The average Bonchev–Trinajstić information content (AvgIpc) is 2.48. The first-order valence-corrected chi connectivity index (χ1v) is 8.07. The Morgan fingerprint density at radius 2 is 1.67 bits per heavy atom. The van der Waals surface area contributed by atoms with Gasteiger partial charge in [0, 0.05) is 12.0 Å². The second kappa shape index (κ2) is 7.15. The summed E-state index contributed by atoms with van der Waals surface area (Å²) in [7, 11) is -3.46. The second-order valence-corrected chi connectivity index (χ2v) is 6.18. The fourth-order valence-corrected chi connectivity index (χ4v) is 2.59. The first-order chi connectivity index (χ1) is 10.1. The second-order valence-electron chi connectivity index (χ2n) is 4.53. The molecular weight excluding hydrogens is 289 g/mol. The molecule has 2 rings (SSSR count). The maximum atomic E-state index is 12.7. The fraction of sp³-hybridized carbons (Fsp3) is 0.125. The lowest BCUT2D eigenvalue weighted by Gasteiger charge is -2.03. The number of rotatable bonds is 6. The first kappa shape index (κ1) is 15.4. The van der Waals surface area contributed by atoms with Crippen LogP contribution in [0.4, 0.5) is 4.39 Å². The van der Waals surface area contributed by atoms with Gasteiger partial charge >= 0.3 is 0 Å². The number of nitrogens with one attached hydrogen (secondary N) is 1. The van der Waals surface area contributed by atoms with E-state index in [1.165, 1.54) is 12.1 Å². The van der Waals surface area contributed by atoms with E-state index in [0.29, 0.717) is 6.42 Å². The smallest absolute Gasteiger partial charge is 0.211 e. The van der Waals surface area contributed by atoms with Gasteiger partial charge in [-0.15, -0.1) is 0 Å². The Hall–Kier alpha value is -1.98. The van der Waals surface area contributed by atoms with Crippen LogP contribution in [0.25, 0.3) is 6.08 Å². The summed E-state index contributed by atoms with van der Waals surface area (Å²) >= 11 is 0. The molecule has 0 heterocycles. The van der Waals surface area contributed by atoms with Gasteiger partial charge in [0.15, 0.2) is 0 Å². The lowest BCUT2D eigenvalue weighted by Crippen LogP contribution is -2.23. The Kier molecular flexibility index (Phi) is 5.25. The zero-order valence-electron chi connectivity index (χ0n) is 11.4. The summed E-state index contributed by atoms with van der Waals surface area (Å²) in [4.78, 5) is 0. The van der Waals surface area contributed by atoms with Gasteiger partial charge in [-0.25, -0.2) is 17.5 Å². The van der Waals surface area contributed by atoms with Crippen molar-refractivity contribution >= 4 is 16.1 Å². The molecule has 0 atom stereocenters. The fourth-order valence-electron chi connectivity index (χ4n) is 1.77. The van der Waals surface area contributed by atoms with Crippen molar-refractivity contribution in [3.63, 3.8) is 0 Å². The van der Waals surface area contributed by atoms with Gasteiger partial charge in [0.2, 0.25) is 10.0 Å². The normalized spacial score (nSPS) is 11.9. The molecule has 2 aromatic carbocycles. The third-order valence-electron chi connectivity index (χ3n) is 2.87. The van der Waals surface area contributed by atoms with Gasteiger partial charge in [0.25, 0.3) is 0 Å². The summed E-state index contributed by atoms with van der Waals surface area (Å²) in [5.41, 5.74) is 1.70. The molecule has 110 valence electrons. The van der Waals surface area contributed by atoms with Crippen LogP contribution in [0.3, 0.4) is 0 Å². The van der Waals surface area contributed by atoms with Crippen LogP contribution in [0, 0.1) is 5.82 Å². The minimum Gasteiger partial charge on any atom is -0.211 e. The zero-order valence-corrected chi connectivity index (χ0v) is 12.2. The van der Waals surface area contributed by atoms with Gasteiger partial charge in [-0.2, -0.15) is 0 Å².